The summed E-state index contributed by atoms with van der Waals surface area (Å²) < 4.78 is 36.8. The molecule has 0 N–H and O–H groups in total. The Morgan fingerprint density at radius 1 is 1.60 bits per heavy atom. The summed E-state index contributed by atoms with van der Waals surface area (Å²) in [4.78, 5) is 12.2. The quantitative estimate of drug-likeness (QED) is 0.428. The second-order valence-electron chi connectivity index (χ2n) is 3.33. The van der Waals surface area contributed by atoms with Crippen LogP contribution in [0, 0.1) is 0 Å². The van der Waals surface area contributed by atoms with Crippen molar-refractivity contribution in [3.8, 4) is 0 Å². The Morgan fingerprint density at radius 2 is 2.27 bits per heavy atom. The first kappa shape index (κ1) is 12.5. The van der Waals surface area contributed by atoms with Crippen LogP contribution >= 0.6 is 11.6 Å². The van der Waals surface area contributed by atoms with Crippen molar-refractivity contribution in [2.24, 2.45) is 0 Å². The highest BCUT2D eigenvalue weighted by Gasteiger charge is 2.35. The number of alkyl halides is 4. The summed E-state index contributed by atoms with van der Waals surface area (Å²) >= 11 is 5.51. The van der Waals surface area contributed by atoms with Gasteiger partial charge in [0.2, 0.25) is 0 Å². The molecule has 1 heterocycles. The fourth-order valence-electron chi connectivity index (χ4n) is 1.46. The third-order valence-corrected chi connectivity index (χ3v) is 2.71. The number of hydrogen-bond donors (Lipinski definition) is 0. The zero-order chi connectivity index (χ0) is 11.5. The minimum Gasteiger partial charge on any atom is -0.302 e. The maximum Gasteiger partial charge on any atom is 0.412 e. The lowest BCUT2D eigenvalue weighted by molar-refractivity contribution is -0.112. The monoisotopic (exact) mass is 241 g/mol. The van der Waals surface area contributed by atoms with Crippen molar-refractivity contribution in [2.75, 3.05) is 19.0 Å². The SMILES string of the molecule is O=CC(CCl)N1CC=C(C(F)(F)F)CC1. The van der Waals surface area contributed by atoms with Gasteiger partial charge in [0.1, 0.15) is 6.29 Å². The van der Waals surface area contributed by atoms with Crippen LogP contribution in [-0.2, 0) is 4.79 Å². The number of aldehydes is 1. The lowest BCUT2D eigenvalue weighted by Crippen LogP contribution is -2.41. The molecule has 6 heteroatoms. The van der Waals surface area contributed by atoms with Gasteiger partial charge >= 0.3 is 6.18 Å². The van der Waals surface area contributed by atoms with Gasteiger partial charge in [0, 0.05) is 24.5 Å². The standard InChI is InChI=1S/C9H11ClF3NO/c10-5-8(6-15)14-3-1-7(2-4-14)9(11,12)13/h1,6,8H,2-5H2. The maximum absolute atomic E-state index is 12.3. The first-order valence-electron chi connectivity index (χ1n) is 4.50. The van der Waals surface area contributed by atoms with Crippen molar-refractivity contribution in [1.29, 1.82) is 0 Å². The van der Waals surface area contributed by atoms with E-state index in [2.05, 4.69) is 0 Å². The van der Waals surface area contributed by atoms with Gasteiger partial charge in [0.15, 0.2) is 0 Å². The van der Waals surface area contributed by atoms with E-state index < -0.39 is 17.8 Å². The molecule has 0 bridgehead atoms. The maximum atomic E-state index is 12.3. The van der Waals surface area contributed by atoms with Gasteiger partial charge in [-0.3, -0.25) is 4.90 Å². The fourth-order valence-corrected chi connectivity index (χ4v) is 1.73. The molecular weight excluding hydrogens is 231 g/mol. The zero-order valence-electron chi connectivity index (χ0n) is 7.93. The summed E-state index contributed by atoms with van der Waals surface area (Å²) in [5.74, 6) is 0.110. The van der Waals surface area contributed by atoms with Gasteiger partial charge in [-0.25, -0.2) is 0 Å². The summed E-state index contributed by atoms with van der Waals surface area (Å²) in [6.07, 6.45) is -2.54. The molecule has 0 fully saturated rings. The van der Waals surface area contributed by atoms with E-state index >= 15 is 0 Å². The van der Waals surface area contributed by atoms with Gasteiger partial charge in [-0.1, -0.05) is 6.08 Å². The lowest BCUT2D eigenvalue weighted by atomic mass is 10.1. The molecule has 0 aromatic carbocycles. The van der Waals surface area contributed by atoms with Crippen molar-refractivity contribution in [2.45, 2.75) is 18.6 Å². The first-order chi connectivity index (χ1) is 6.99. The third-order valence-electron chi connectivity index (χ3n) is 2.39. The van der Waals surface area contributed by atoms with Crippen molar-refractivity contribution in [3.05, 3.63) is 11.6 Å². The predicted octanol–water partition coefficient (Wildman–Crippen LogP) is 1.99. The molecule has 0 saturated carbocycles. The molecule has 2 nitrogen and oxygen atoms in total. The number of halogens is 4. The molecule has 1 rings (SSSR count). The van der Waals surface area contributed by atoms with E-state index in [0.717, 1.165) is 6.08 Å². The molecule has 0 radical (unpaired) electrons. The Kier molecular flexibility index (Phi) is 4.16. The Morgan fingerprint density at radius 3 is 2.60 bits per heavy atom. The van der Waals surface area contributed by atoms with Crippen molar-refractivity contribution < 1.29 is 18.0 Å². The van der Waals surface area contributed by atoms with Crippen LogP contribution in [0.4, 0.5) is 13.2 Å². The van der Waals surface area contributed by atoms with Gasteiger partial charge in [-0.05, 0) is 6.42 Å². The van der Waals surface area contributed by atoms with Gasteiger partial charge in [0.05, 0.1) is 6.04 Å². The minimum atomic E-state index is -4.25. The molecule has 86 valence electrons. The molecule has 0 aliphatic carbocycles. The van der Waals surface area contributed by atoms with Crippen LogP contribution in [0.25, 0.3) is 0 Å². The minimum absolute atomic E-state index is 0.0786. The zero-order valence-corrected chi connectivity index (χ0v) is 8.68. The van der Waals surface area contributed by atoms with Crippen LogP contribution in [0.15, 0.2) is 11.6 Å². The second-order valence-corrected chi connectivity index (χ2v) is 3.64. The fraction of sp³-hybridized carbons (Fsp3) is 0.667. The second kappa shape index (κ2) is 4.99. The van der Waals surface area contributed by atoms with Crippen LogP contribution in [0.2, 0.25) is 0 Å². The molecule has 1 atom stereocenters. The van der Waals surface area contributed by atoms with Gasteiger partial charge < -0.3 is 4.79 Å². The van der Waals surface area contributed by atoms with Crippen molar-refractivity contribution in [1.82, 2.24) is 4.90 Å². The van der Waals surface area contributed by atoms with E-state index in [9.17, 15) is 18.0 Å². The lowest BCUT2D eigenvalue weighted by Gasteiger charge is -2.30. The van der Waals surface area contributed by atoms with Gasteiger partial charge in [-0.2, -0.15) is 13.2 Å². The Hall–Kier alpha value is -0.550. The molecule has 0 aromatic heterocycles. The average molecular weight is 242 g/mol. The van der Waals surface area contributed by atoms with Crippen LogP contribution in [-0.4, -0.2) is 42.4 Å². The van der Waals surface area contributed by atoms with Crippen LogP contribution in [0.3, 0.4) is 0 Å². The smallest absolute Gasteiger partial charge is 0.302 e. The first-order valence-corrected chi connectivity index (χ1v) is 5.04. The van der Waals surface area contributed by atoms with Crippen LogP contribution in [0.5, 0.6) is 0 Å². The number of hydrogen-bond acceptors (Lipinski definition) is 2. The number of carbonyl (C=O) groups is 1. The highest BCUT2D eigenvalue weighted by atomic mass is 35.5. The number of rotatable bonds is 3. The topological polar surface area (TPSA) is 20.3 Å². The molecule has 0 saturated heterocycles. The molecule has 1 aliphatic heterocycles. The van der Waals surface area contributed by atoms with Crippen molar-refractivity contribution in [3.63, 3.8) is 0 Å². The Balaban J connectivity index is 2.61. The van der Waals surface area contributed by atoms with Gasteiger partial charge in [-0.15, -0.1) is 11.6 Å². The summed E-state index contributed by atoms with van der Waals surface area (Å²) in [6.45, 7) is 0.354. The average Bonchev–Trinajstić information content (AvgIpc) is 2.19. The molecule has 1 aliphatic rings. The van der Waals surface area contributed by atoms with Crippen LogP contribution < -0.4 is 0 Å². The normalized spacial score (nSPS) is 20.9. The summed E-state index contributed by atoms with van der Waals surface area (Å²) in [5, 5.41) is 0. The van der Waals surface area contributed by atoms with E-state index in [-0.39, 0.29) is 25.4 Å². The van der Waals surface area contributed by atoms with E-state index in [1.54, 1.807) is 4.90 Å². The van der Waals surface area contributed by atoms with E-state index in [0.29, 0.717) is 6.29 Å². The largest absolute Gasteiger partial charge is 0.412 e. The van der Waals surface area contributed by atoms with E-state index in [1.807, 2.05) is 0 Å². The molecule has 0 aromatic rings. The highest BCUT2D eigenvalue weighted by Crippen LogP contribution is 2.30. The number of nitrogens with zero attached hydrogens (tertiary/aromatic N) is 1. The Bertz CT molecular complexity index is 265. The summed E-state index contributed by atoms with van der Waals surface area (Å²) in [5.41, 5.74) is -0.516. The molecule has 1 unspecified atom stereocenters. The Labute approximate surface area is 90.7 Å². The van der Waals surface area contributed by atoms with Crippen LogP contribution in [0.1, 0.15) is 6.42 Å². The summed E-state index contributed by atoms with van der Waals surface area (Å²) in [6, 6.07) is -0.488. The molecule has 0 spiro atoms. The third kappa shape index (κ3) is 3.21. The molecule has 0 amide bonds. The van der Waals surface area contributed by atoms with Gasteiger partial charge in [0.25, 0.3) is 0 Å². The van der Waals surface area contributed by atoms with E-state index in [4.69, 9.17) is 11.6 Å². The highest BCUT2D eigenvalue weighted by molar-refractivity contribution is 6.19. The molecule has 15 heavy (non-hydrogen) atoms. The van der Waals surface area contributed by atoms with Crippen molar-refractivity contribution >= 4 is 17.9 Å². The number of carbonyl (C=O) groups excluding carboxylic acids is 1. The summed E-state index contributed by atoms with van der Waals surface area (Å²) in [7, 11) is 0. The van der Waals surface area contributed by atoms with E-state index in [1.165, 1.54) is 0 Å². The molecular formula is C9H11ClF3NO. The predicted molar refractivity (Wildman–Crippen MR) is 50.9 cm³/mol.